The molecule has 2 N–H and O–H groups in total. The molecule has 28 heavy (non-hydrogen) atoms. The summed E-state index contributed by atoms with van der Waals surface area (Å²) in [6, 6.07) is 20.3. The van der Waals surface area contributed by atoms with Gasteiger partial charge in [0.25, 0.3) is 0 Å². The van der Waals surface area contributed by atoms with Crippen molar-refractivity contribution >= 4 is 12.0 Å². The third-order valence-electron chi connectivity index (χ3n) is 5.86. The first-order valence-electron chi connectivity index (χ1n) is 10.2. The number of likely N-dealkylation sites (tertiary alicyclic amines) is 1. The molecule has 2 aromatic carbocycles. The predicted molar refractivity (Wildman–Crippen MR) is 112 cm³/mol. The average molecular weight is 377 g/mol. The van der Waals surface area contributed by atoms with E-state index in [1.165, 1.54) is 36.5 Å². The van der Waals surface area contributed by atoms with Gasteiger partial charge in [-0.2, -0.15) is 0 Å². The Balaban J connectivity index is 1.20. The van der Waals surface area contributed by atoms with Crippen molar-refractivity contribution in [2.24, 2.45) is 0 Å². The maximum absolute atomic E-state index is 10.6. The molecule has 2 aromatic rings. The third kappa shape index (κ3) is 5.09. The molecule has 1 saturated heterocycles. The molecule has 146 valence electrons. The predicted octanol–water partition coefficient (Wildman–Crippen LogP) is 3.89. The number of nitrogens with one attached hydrogen (secondary N) is 1. The molecule has 2 aliphatic rings. The van der Waals surface area contributed by atoms with E-state index in [1.807, 2.05) is 12.1 Å². The van der Waals surface area contributed by atoms with Gasteiger partial charge in [-0.1, -0.05) is 54.6 Å². The summed E-state index contributed by atoms with van der Waals surface area (Å²) in [4.78, 5) is 13.1. The van der Waals surface area contributed by atoms with Crippen molar-refractivity contribution in [1.82, 2.24) is 10.2 Å². The fourth-order valence-electron chi connectivity index (χ4n) is 4.17. The summed E-state index contributed by atoms with van der Waals surface area (Å²) in [6.07, 6.45) is 6.49. The molecular weight excluding hydrogens is 348 g/mol. The number of aliphatic carboxylic acids is 1. The van der Waals surface area contributed by atoms with Crippen LogP contribution < -0.4 is 5.32 Å². The number of rotatable bonds is 7. The van der Waals surface area contributed by atoms with Gasteiger partial charge in [-0.3, -0.25) is 4.90 Å². The molecule has 4 rings (SSSR count). The van der Waals surface area contributed by atoms with E-state index in [2.05, 4.69) is 52.7 Å². The highest BCUT2D eigenvalue weighted by Gasteiger charge is 2.39. The fraction of sp³-hybridized carbons (Fsp3) is 0.375. The first kappa shape index (κ1) is 18.9. The van der Waals surface area contributed by atoms with Gasteiger partial charge in [-0.15, -0.1) is 0 Å². The van der Waals surface area contributed by atoms with E-state index < -0.39 is 5.97 Å². The number of carbonyl (C=O) groups is 1. The van der Waals surface area contributed by atoms with Gasteiger partial charge in [0.15, 0.2) is 0 Å². The van der Waals surface area contributed by atoms with E-state index in [4.69, 9.17) is 5.11 Å². The first-order chi connectivity index (χ1) is 13.7. The van der Waals surface area contributed by atoms with Gasteiger partial charge in [0.1, 0.15) is 0 Å². The monoisotopic (exact) mass is 376 g/mol. The molecule has 4 heteroatoms. The van der Waals surface area contributed by atoms with E-state index in [1.54, 1.807) is 6.08 Å². The molecule has 2 fully saturated rings. The van der Waals surface area contributed by atoms with E-state index in [0.717, 1.165) is 25.2 Å². The Kier molecular flexibility index (Phi) is 5.89. The lowest BCUT2D eigenvalue weighted by Gasteiger charge is -2.32. The van der Waals surface area contributed by atoms with Crippen LogP contribution >= 0.6 is 0 Å². The molecule has 0 aromatic heterocycles. The van der Waals surface area contributed by atoms with Crippen molar-refractivity contribution in [1.29, 1.82) is 0 Å². The second kappa shape index (κ2) is 8.72. The summed E-state index contributed by atoms with van der Waals surface area (Å²) in [7, 11) is 0. The molecule has 1 aliphatic heterocycles. The lowest BCUT2D eigenvalue weighted by molar-refractivity contribution is -0.131. The van der Waals surface area contributed by atoms with Crippen molar-refractivity contribution in [3.8, 4) is 0 Å². The van der Waals surface area contributed by atoms with Crippen LogP contribution in [-0.4, -0.2) is 41.1 Å². The largest absolute Gasteiger partial charge is 0.478 e. The highest BCUT2D eigenvalue weighted by atomic mass is 16.4. The zero-order valence-corrected chi connectivity index (χ0v) is 16.1. The van der Waals surface area contributed by atoms with Crippen LogP contribution in [0.5, 0.6) is 0 Å². The average Bonchev–Trinajstić information content (AvgIpc) is 3.49. The molecule has 0 amide bonds. The molecule has 1 saturated carbocycles. The number of carboxylic acid groups (broad SMARTS) is 1. The lowest BCUT2D eigenvalue weighted by atomic mass is 10.0. The van der Waals surface area contributed by atoms with Crippen LogP contribution in [0.3, 0.4) is 0 Å². The summed E-state index contributed by atoms with van der Waals surface area (Å²) in [5.41, 5.74) is 3.68. The number of nitrogens with zero attached hydrogens (tertiary/aromatic N) is 1. The number of hydrogen-bond acceptors (Lipinski definition) is 3. The van der Waals surface area contributed by atoms with E-state index >= 15 is 0 Å². The van der Waals surface area contributed by atoms with Crippen molar-refractivity contribution in [3.63, 3.8) is 0 Å². The molecule has 4 nitrogen and oxygen atoms in total. The van der Waals surface area contributed by atoms with Crippen molar-refractivity contribution in [3.05, 3.63) is 77.4 Å². The van der Waals surface area contributed by atoms with Crippen LogP contribution in [0.25, 0.3) is 6.08 Å². The Bertz CT molecular complexity index is 808. The van der Waals surface area contributed by atoms with Crippen LogP contribution in [0.1, 0.15) is 41.9 Å². The van der Waals surface area contributed by atoms with Crippen LogP contribution in [0, 0.1) is 0 Å². The van der Waals surface area contributed by atoms with Gasteiger partial charge in [-0.25, -0.2) is 4.79 Å². The minimum Gasteiger partial charge on any atom is -0.478 e. The van der Waals surface area contributed by atoms with Gasteiger partial charge < -0.3 is 10.4 Å². The highest BCUT2D eigenvalue weighted by molar-refractivity contribution is 5.85. The van der Waals surface area contributed by atoms with Crippen molar-refractivity contribution in [2.45, 2.75) is 43.8 Å². The summed E-state index contributed by atoms with van der Waals surface area (Å²) in [5.74, 6) is -0.213. The molecule has 1 heterocycles. The Morgan fingerprint density at radius 2 is 1.79 bits per heavy atom. The smallest absolute Gasteiger partial charge is 0.328 e. The van der Waals surface area contributed by atoms with Crippen LogP contribution in [0.2, 0.25) is 0 Å². The zero-order chi connectivity index (χ0) is 19.3. The first-order valence-corrected chi connectivity index (χ1v) is 10.2. The maximum atomic E-state index is 10.6. The zero-order valence-electron chi connectivity index (χ0n) is 16.1. The van der Waals surface area contributed by atoms with Crippen molar-refractivity contribution in [2.75, 3.05) is 13.1 Å². The third-order valence-corrected chi connectivity index (χ3v) is 5.86. The quantitative estimate of drug-likeness (QED) is 0.720. The minimum absolute atomic E-state index is 0.637. The summed E-state index contributed by atoms with van der Waals surface area (Å²) < 4.78 is 0. The van der Waals surface area contributed by atoms with Gasteiger partial charge in [0.2, 0.25) is 0 Å². The Morgan fingerprint density at radius 3 is 2.46 bits per heavy atom. The maximum Gasteiger partial charge on any atom is 0.328 e. The van der Waals surface area contributed by atoms with Crippen LogP contribution in [-0.2, 0) is 11.3 Å². The lowest BCUT2D eigenvalue weighted by Crippen LogP contribution is -2.43. The SMILES string of the molecule is O=C(O)/C=C/c1ccc(CN2CCC(NC3CC3c3ccccc3)CC2)cc1. The molecule has 0 radical (unpaired) electrons. The Hall–Kier alpha value is -2.43. The van der Waals surface area contributed by atoms with E-state index in [0.29, 0.717) is 18.0 Å². The second-order valence-electron chi connectivity index (χ2n) is 7.99. The number of carboxylic acids is 1. The summed E-state index contributed by atoms with van der Waals surface area (Å²) in [5, 5.41) is 12.6. The number of hydrogen-bond donors (Lipinski definition) is 2. The molecule has 0 spiro atoms. The van der Waals surface area contributed by atoms with Gasteiger partial charge in [-0.05, 0) is 55.1 Å². The van der Waals surface area contributed by atoms with E-state index in [-0.39, 0.29) is 0 Å². The summed E-state index contributed by atoms with van der Waals surface area (Å²) >= 11 is 0. The highest BCUT2D eigenvalue weighted by Crippen LogP contribution is 2.41. The number of piperidine rings is 1. The van der Waals surface area contributed by atoms with Crippen molar-refractivity contribution < 1.29 is 9.90 Å². The molecule has 2 unspecified atom stereocenters. The molecular formula is C24H28N2O2. The Labute approximate surface area is 166 Å². The fourth-order valence-corrected chi connectivity index (χ4v) is 4.17. The molecule has 2 atom stereocenters. The summed E-state index contributed by atoms with van der Waals surface area (Å²) in [6.45, 7) is 3.22. The topological polar surface area (TPSA) is 52.6 Å². The van der Waals surface area contributed by atoms with Gasteiger partial charge >= 0.3 is 5.97 Å². The standard InChI is InChI=1S/C24H28N2O2/c27-24(28)11-10-18-6-8-19(9-7-18)17-26-14-12-21(13-15-26)25-23-16-22(23)20-4-2-1-3-5-20/h1-11,21-23,25H,12-17H2,(H,27,28)/b11-10+. The Morgan fingerprint density at radius 1 is 1.07 bits per heavy atom. The molecule has 0 bridgehead atoms. The van der Waals surface area contributed by atoms with E-state index in [9.17, 15) is 4.79 Å². The van der Waals surface area contributed by atoms with Crippen LogP contribution in [0.4, 0.5) is 0 Å². The number of benzene rings is 2. The van der Waals surface area contributed by atoms with Gasteiger partial charge in [0, 0.05) is 30.6 Å². The molecule has 1 aliphatic carbocycles. The van der Waals surface area contributed by atoms with Crippen LogP contribution in [0.15, 0.2) is 60.7 Å². The van der Waals surface area contributed by atoms with Gasteiger partial charge in [0.05, 0.1) is 0 Å². The minimum atomic E-state index is -0.915. The second-order valence-corrected chi connectivity index (χ2v) is 7.99. The normalized spacial score (nSPS) is 23.1.